The van der Waals surface area contributed by atoms with Gasteiger partial charge in [-0.2, -0.15) is 0 Å². The van der Waals surface area contributed by atoms with Gasteiger partial charge in [-0.3, -0.25) is 0 Å². The molecule has 90 valence electrons. The lowest BCUT2D eigenvalue weighted by molar-refractivity contribution is 0.00976. The topological polar surface area (TPSA) is 53.7 Å². The zero-order chi connectivity index (χ0) is 12.2. The third kappa shape index (κ3) is 2.46. The Hall–Kier alpha value is -1.26. The third-order valence-electron chi connectivity index (χ3n) is 2.80. The number of rotatable bonds is 5. The van der Waals surface area contributed by atoms with Gasteiger partial charge in [-0.25, -0.2) is 0 Å². The van der Waals surface area contributed by atoms with E-state index in [2.05, 4.69) is 0 Å². The molecule has 0 aliphatic rings. The van der Waals surface area contributed by atoms with Crippen molar-refractivity contribution in [2.75, 3.05) is 27.9 Å². The van der Waals surface area contributed by atoms with E-state index in [4.69, 9.17) is 19.9 Å². The summed E-state index contributed by atoms with van der Waals surface area (Å²) in [6.07, 6.45) is 0. The molecule has 0 heterocycles. The fourth-order valence-corrected chi connectivity index (χ4v) is 1.43. The van der Waals surface area contributed by atoms with Crippen LogP contribution in [0.25, 0.3) is 0 Å². The summed E-state index contributed by atoms with van der Waals surface area (Å²) in [5, 5.41) is 0. The molecule has 0 fully saturated rings. The molecule has 1 rings (SSSR count). The summed E-state index contributed by atoms with van der Waals surface area (Å²) in [5.41, 5.74) is 6.14. The van der Waals surface area contributed by atoms with E-state index in [0.29, 0.717) is 6.54 Å². The second-order valence-corrected chi connectivity index (χ2v) is 3.74. The van der Waals surface area contributed by atoms with Crippen LogP contribution in [0, 0.1) is 0 Å². The summed E-state index contributed by atoms with van der Waals surface area (Å²) in [6, 6.07) is 5.62. The van der Waals surface area contributed by atoms with Gasteiger partial charge in [0.2, 0.25) is 0 Å². The molecule has 0 saturated heterocycles. The molecule has 0 saturated carbocycles. The molecule has 4 heteroatoms. The predicted molar refractivity (Wildman–Crippen MR) is 63.0 cm³/mol. The number of hydrogen-bond acceptors (Lipinski definition) is 4. The van der Waals surface area contributed by atoms with Gasteiger partial charge in [0, 0.05) is 19.7 Å². The lowest BCUT2D eigenvalue weighted by atomic mass is 9.95. The van der Waals surface area contributed by atoms with E-state index in [1.54, 1.807) is 21.3 Å². The molecule has 0 aliphatic carbocycles. The Morgan fingerprint density at radius 2 is 1.56 bits per heavy atom. The van der Waals surface area contributed by atoms with Crippen molar-refractivity contribution >= 4 is 0 Å². The molecule has 0 amide bonds. The number of hydrogen-bond donors (Lipinski definition) is 1. The molecule has 1 unspecified atom stereocenters. The van der Waals surface area contributed by atoms with Crippen molar-refractivity contribution < 1.29 is 14.2 Å². The van der Waals surface area contributed by atoms with Crippen LogP contribution in [0.15, 0.2) is 18.2 Å². The Labute approximate surface area is 96.3 Å². The van der Waals surface area contributed by atoms with Crippen LogP contribution in [-0.2, 0) is 10.3 Å². The molecule has 0 bridgehead atoms. The molecule has 2 N–H and O–H groups in total. The van der Waals surface area contributed by atoms with Gasteiger partial charge in [0.25, 0.3) is 0 Å². The average molecular weight is 225 g/mol. The summed E-state index contributed by atoms with van der Waals surface area (Å²) < 4.78 is 15.8. The minimum atomic E-state index is -0.526. The van der Waals surface area contributed by atoms with Gasteiger partial charge in [-0.15, -0.1) is 0 Å². The summed E-state index contributed by atoms with van der Waals surface area (Å²) in [4.78, 5) is 0. The van der Waals surface area contributed by atoms with Crippen LogP contribution in [0.1, 0.15) is 12.5 Å². The molecule has 0 spiro atoms. The summed E-state index contributed by atoms with van der Waals surface area (Å²) in [6.45, 7) is 2.32. The van der Waals surface area contributed by atoms with Crippen LogP contribution in [0.4, 0.5) is 0 Å². The van der Waals surface area contributed by atoms with E-state index in [1.165, 1.54) is 0 Å². The van der Waals surface area contributed by atoms with E-state index in [9.17, 15) is 0 Å². The molecule has 1 aromatic rings. The van der Waals surface area contributed by atoms with Crippen molar-refractivity contribution in [2.24, 2.45) is 5.73 Å². The van der Waals surface area contributed by atoms with Crippen LogP contribution >= 0.6 is 0 Å². The maximum Gasteiger partial charge on any atom is 0.122 e. The van der Waals surface area contributed by atoms with E-state index in [1.807, 2.05) is 25.1 Å². The van der Waals surface area contributed by atoms with Gasteiger partial charge < -0.3 is 19.9 Å². The first kappa shape index (κ1) is 12.8. The Kier molecular flexibility index (Phi) is 4.15. The van der Waals surface area contributed by atoms with Crippen molar-refractivity contribution in [3.63, 3.8) is 0 Å². The predicted octanol–water partition coefficient (Wildman–Crippen LogP) is 1.52. The van der Waals surface area contributed by atoms with Crippen LogP contribution in [0.2, 0.25) is 0 Å². The Morgan fingerprint density at radius 3 is 1.88 bits per heavy atom. The highest BCUT2D eigenvalue weighted by Crippen LogP contribution is 2.31. The standard InChI is InChI=1S/C12H19NO3/c1-12(8-13,16-4)9-5-10(14-2)7-11(6-9)15-3/h5-7H,8,13H2,1-4H3. The van der Waals surface area contributed by atoms with Crippen LogP contribution in [0.5, 0.6) is 11.5 Å². The number of ether oxygens (including phenoxy) is 3. The molecule has 1 aromatic carbocycles. The van der Waals surface area contributed by atoms with Gasteiger partial charge in [0.05, 0.1) is 14.2 Å². The monoisotopic (exact) mass is 225 g/mol. The summed E-state index contributed by atoms with van der Waals surface area (Å²) in [7, 11) is 4.87. The average Bonchev–Trinajstić information content (AvgIpc) is 2.36. The van der Waals surface area contributed by atoms with E-state index >= 15 is 0 Å². The zero-order valence-electron chi connectivity index (χ0n) is 10.2. The molecule has 0 aliphatic heterocycles. The van der Waals surface area contributed by atoms with Crippen molar-refractivity contribution in [2.45, 2.75) is 12.5 Å². The van der Waals surface area contributed by atoms with Crippen LogP contribution in [-0.4, -0.2) is 27.9 Å². The van der Waals surface area contributed by atoms with E-state index < -0.39 is 5.60 Å². The summed E-state index contributed by atoms with van der Waals surface area (Å²) in [5.74, 6) is 1.46. The second kappa shape index (κ2) is 5.18. The Morgan fingerprint density at radius 1 is 1.06 bits per heavy atom. The highest BCUT2D eigenvalue weighted by molar-refractivity contribution is 5.41. The quantitative estimate of drug-likeness (QED) is 0.825. The third-order valence-corrected chi connectivity index (χ3v) is 2.80. The molecular weight excluding hydrogens is 206 g/mol. The van der Waals surface area contributed by atoms with Gasteiger partial charge in [-0.05, 0) is 24.6 Å². The second-order valence-electron chi connectivity index (χ2n) is 3.74. The lowest BCUT2D eigenvalue weighted by Gasteiger charge is -2.27. The minimum Gasteiger partial charge on any atom is -0.497 e. The molecule has 16 heavy (non-hydrogen) atoms. The van der Waals surface area contributed by atoms with Crippen LogP contribution < -0.4 is 15.2 Å². The molecule has 4 nitrogen and oxygen atoms in total. The Bertz CT molecular complexity index is 326. The Balaban J connectivity index is 3.21. The number of methoxy groups -OCH3 is 3. The van der Waals surface area contributed by atoms with Gasteiger partial charge >= 0.3 is 0 Å². The lowest BCUT2D eigenvalue weighted by Crippen LogP contribution is -2.33. The number of benzene rings is 1. The van der Waals surface area contributed by atoms with Crippen molar-refractivity contribution in [3.05, 3.63) is 23.8 Å². The molecule has 1 atom stereocenters. The molecule has 0 radical (unpaired) electrons. The van der Waals surface area contributed by atoms with Gasteiger partial charge in [0.1, 0.15) is 17.1 Å². The highest BCUT2D eigenvalue weighted by Gasteiger charge is 2.25. The van der Waals surface area contributed by atoms with Crippen molar-refractivity contribution in [1.82, 2.24) is 0 Å². The van der Waals surface area contributed by atoms with Gasteiger partial charge in [-0.1, -0.05) is 0 Å². The maximum atomic E-state index is 5.73. The minimum absolute atomic E-state index is 0.389. The fourth-order valence-electron chi connectivity index (χ4n) is 1.43. The zero-order valence-corrected chi connectivity index (χ0v) is 10.2. The van der Waals surface area contributed by atoms with E-state index in [-0.39, 0.29) is 0 Å². The smallest absolute Gasteiger partial charge is 0.122 e. The van der Waals surface area contributed by atoms with Crippen LogP contribution in [0.3, 0.4) is 0 Å². The normalized spacial score (nSPS) is 14.3. The first-order valence-corrected chi connectivity index (χ1v) is 5.08. The maximum absolute atomic E-state index is 5.73. The fraction of sp³-hybridized carbons (Fsp3) is 0.500. The summed E-state index contributed by atoms with van der Waals surface area (Å²) >= 11 is 0. The molecular formula is C12H19NO3. The first-order chi connectivity index (χ1) is 7.59. The van der Waals surface area contributed by atoms with Gasteiger partial charge in [0.15, 0.2) is 0 Å². The largest absolute Gasteiger partial charge is 0.497 e. The highest BCUT2D eigenvalue weighted by atomic mass is 16.5. The van der Waals surface area contributed by atoms with E-state index in [0.717, 1.165) is 17.1 Å². The number of nitrogens with two attached hydrogens (primary N) is 1. The molecule has 0 aromatic heterocycles. The van der Waals surface area contributed by atoms with Crippen molar-refractivity contribution in [3.8, 4) is 11.5 Å². The van der Waals surface area contributed by atoms with Crippen molar-refractivity contribution in [1.29, 1.82) is 0 Å². The first-order valence-electron chi connectivity index (χ1n) is 5.08. The SMILES string of the molecule is COc1cc(OC)cc(C(C)(CN)OC)c1.